The van der Waals surface area contributed by atoms with Gasteiger partial charge in [-0.1, -0.05) is 18.2 Å². The van der Waals surface area contributed by atoms with Crippen molar-refractivity contribution in [3.8, 4) is 0 Å². The number of amides is 2. The third kappa shape index (κ3) is 4.94. The lowest BCUT2D eigenvalue weighted by molar-refractivity contribution is -0.121. The number of thiophene rings is 1. The van der Waals surface area contributed by atoms with Crippen LogP contribution < -0.4 is 10.6 Å². The standard InChI is InChI=1S/C21H26N2O2S/c1-15(17-9-8-16-5-2-3-6-18(16)13-17)23-20(24)7-4-11-22-21(25)19-10-12-26-14-19/h8-10,12-15H,2-7,11H2,1H3,(H,22,25)(H,23,24). The second kappa shape index (κ2) is 8.99. The molecule has 0 saturated carbocycles. The van der Waals surface area contributed by atoms with Crippen molar-refractivity contribution in [2.45, 2.75) is 51.5 Å². The molecule has 1 aliphatic rings. The molecule has 1 aromatic heterocycles. The Balaban J connectivity index is 1.41. The fourth-order valence-corrected chi connectivity index (χ4v) is 4.00. The van der Waals surface area contributed by atoms with Crippen LogP contribution in [0.2, 0.25) is 0 Å². The molecule has 0 radical (unpaired) electrons. The van der Waals surface area contributed by atoms with Crippen molar-refractivity contribution in [3.63, 3.8) is 0 Å². The van der Waals surface area contributed by atoms with Gasteiger partial charge in [0.25, 0.3) is 5.91 Å². The molecule has 4 nitrogen and oxygen atoms in total. The van der Waals surface area contributed by atoms with E-state index in [2.05, 4.69) is 28.8 Å². The zero-order chi connectivity index (χ0) is 18.4. The molecule has 1 aromatic carbocycles. The summed E-state index contributed by atoms with van der Waals surface area (Å²) in [6.45, 7) is 2.54. The van der Waals surface area contributed by atoms with Gasteiger partial charge in [0.15, 0.2) is 0 Å². The number of carbonyl (C=O) groups is 2. The molecule has 1 unspecified atom stereocenters. The first-order valence-electron chi connectivity index (χ1n) is 9.35. The maximum absolute atomic E-state index is 12.2. The second-order valence-corrected chi connectivity index (χ2v) is 7.68. The maximum Gasteiger partial charge on any atom is 0.252 e. The Labute approximate surface area is 159 Å². The number of benzene rings is 1. The van der Waals surface area contributed by atoms with E-state index in [1.165, 1.54) is 47.3 Å². The summed E-state index contributed by atoms with van der Waals surface area (Å²) in [5, 5.41) is 9.62. The van der Waals surface area contributed by atoms with Crippen molar-refractivity contribution in [1.82, 2.24) is 10.6 Å². The van der Waals surface area contributed by atoms with Gasteiger partial charge in [-0.05, 0) is 67.2 Å². The summed E-state index contributed by atoms with van der Waals surface area (Å²) in [6.07, 6.45) is 5.91. The van der Waals surface area contributed by atoms with Crippen LogP contribution in [0.4, 0.5) is 0 Å². The Hall–Kier alpha value is -2.14. The number of rotatable bonds is 7. The molecule has 2 amide bonds. The topological polar surface area (TPSA) is 58.2 Å². The predicted molar refractivity (Wildman–Crippen MR) is 106 cm³/mol. The highest BCUT2D eigenvalue weighted by Gasteiger charge is 2.14. The number of hydrogen-bond donors (Lipinski definition) is 2. The molecular formula is C21H26N2O2S. The summed E-state index contributed by atoms with van der Waals surface area (Å²) in [4.78, 5) is 24.0. The van der Waals surface area contributed by atoms with Crippen molar-refractivity contribution in [2.24, 2.45) is 0 Å². The molecule has 3 rings (SSSR count). The number of fused-ring (bicyclic) bond motifs is 1. The number of nitrogens with one attached hydrogen (secondary N) is 2. The summed E-state index contributed by atoms with van der Waals surface area (Å²) in [7, 11) is 0. The Bertz CT molecular complexity index is 755. The summed E-state index contributed by atoms with van der Waals surface area (Å²) in [5.74, 6) is -0.0471. The van der Waals surface area contributed by atoms with Crippen LogP contribution in [-0.2, 0) is 17.6 Å². The largest absolute Gasteiger partial charge is 0.352 e. The minimum Gasteiger partial charge on any atom is -0.352 e. The van der Waals surface area contributed by atoms with E-state index in [9.17, 15) is 9.59 Å². The quantitative estimate of drug-likeness (QED) is 0.724. The Morgan fingerprint density at radius 1 is 1.15 bits per heavy atom. The van der Waals surface area contributed by atoms with Gasteiger partial charge in [0, 0.05) is 23.9 Å². The normalized spacial score (nSPS) is 14.3. The Morgan fingerprint density at radius 2 is 1.96 bits per heavy atom. The molecule has 0 fully saturated rings. The van der Waals surface area contributed by atoms with Crippen LogP contribution >= 0.6 is 11.3 Å². The lowest BCUT2D eigenvalue weighted by Gasteiger charge is -2.20. The van der Waals surface area contributed by atoms with Gasteiger partial charge in [-0.15, -0.1) is 0 Å². The van der Waals surface area contributed by atoms with Crippen LogP contribution in [0.25, 0.3) is 0 Å². The van der Waals surface area contributed by atoms with E-state index >= 15 is 0 Å². The average molecular weight is 371 g/mol. The SMILES string of the molecule is CC(NC(=O)CCCNC(=O)c1ccsc1)c1ccc2c(c1)CCCC2. The summed E-state index contributed by atoms with van der Waals surface area (Å²) in [6, 6.07) is 8.41. The van der Waals surface area contributed by atoms with E-state index in [0.717, 1.165) is 6.42 Å². The number of hydrogen-bond acceptors (Lipinski definition) is 3. The summed E-state index contributed by atoms with van der Waals surface area (Å²) in [5.41, 5.74) is 4.75. The molecule has 26 heavy (non-hydrogen) atoms. The van der Waals surface area contributed by atoms with Crippen LogP contribution in [0.5, 0.6) is 0 Å². The van der Waals surface area contributed by atoms with E-state index in [1.54, 1.807) is 6.07 Å². The van der Waals surface area contributed by atoms with Gasteiger partial charge < -0.3 is 10.6 Å². The lowest BCUT2D eigenvalue weighted by Crippen LogP contribution is -2.29. The van der Waals surface area contributed by atoms with Crippen molar-refractivity contribution in [3.05, 3.63) is 57.3 Å². The first-order chi connectivity index (χ1) is 12.6. The van der Waals surface area contributed by atoms with Crippen LogP contribution in [-0.4, -0.2) is 18.4 Å². The van der Waals surface area contributed by atoms with E-state index in [1.807, 2.05) is 17.7 Å². The first kappa shape index (κ1) is 18.6. The first-order valence-corrected chi connectivity index (χ1v) is 10.3. The fraction of sp³-hybridized carbons (Fsp3) is 0.429. The van der Waals surface area contributed by atoms with Gasteiger partial charge >= 0.3 is 0 Å². The van der Waals surface area contributed by atoms with Gasteiger partial charge in [0.05, 0.1) is 6.04 Å². The molecule has 0 bridgehead atoms. The zero-order valence-corrected chi connectivity index (χ0v) is 16.0. The molecule has 2 N–H and O–H groups in total. The van der Waals surface area contributed by atoms with Gasteiger partial charge in [0.1, 0.15) is 0 Å². The van der Waals surface area contributed by atoms with Gasteiger partial charge in [0.2, 0.25) is 5.91 Å². The van der Waals surface area contributed by atoms with Crippen molar-refractivity contribution < 1.29 is 9.59 Å². The smallest absolute Gasteiger partial charge is 0.252 e. The van der Waals surface area contributed by atoms with Gasteiger partial charge in [-0.25, -0.2) is 0 Å². The van der Waals surface area contributed by atoms with E-state index in [-0.39, 0.29) is 17.9 Å². The van der Waals surface area contributed by atoms with Gasteiger partial charge in [-0.2, -0.15) is 11.3 Å². The average Bonchev–Trinajstić information content (AvgIpc) is 3.19. The molecule has 0 aliphatic heterocycles. The highest BCUT2D eigenvalue weighted by atomic mass is 32.1. The molecule has 0 spiro atoms. The van der Waals surface area contributed by atoms with Crippen LogP contribution in [0, 0.1) is 0 Å². The summed E-state index contributed by atoms with van der Waals surface area (Å²) >= 11 is 1.50. The third-order valence-electron chi connectivity index (χ3n) is 4.90. The van der Waals surface area contributed by atoms with E-state index < -0.39 is 0 Å². The molecule has 1 atom stereocenters. The van der Waals surface area contributed by atoms with Crippen molar-refractivity contribution >= 4 is 23.2 Å². The second-order valence-electron chi connectivity index (χ2n) is 6.90. The minimum atomic E-state index is -0.0749. The van der Waals surface area contributed by atoms with Crippen molar-refractivity contribution in [2.75, 3.05) is 6.54 Å². The maximum atomic E-state index is 12.2. The third-order valence-corrected chi connectivity index (χ3v) is 5.58. The molecule has 0 saturated heterocycles. The van der Waals surface area contributed by atoms with Crippen LogP contribution in [0.3, 0.4) is 0 Å². The highest BCUT2D eigenvalue weighted by molar-refractivity contribution is 7.08. The van der Waals surface area contributed by atoms with Crippen LogP contribution in [0.1, 0.15) is 65.7 Å². The number of aryl methyl sites for hydroxylation is 2. The Kier molecular flexibility index (Phi) is 6.45. The molecule has 5 heteroatoms. The molecule has 1 aliphatic carbocycles. The summed E-state index contributed by atoms with van der Waals surface area (Å²) < 4.78 is 0. The predicted octanol–water partition coefficient (Wildman–Crippen LogP) is 4.01. The zero-order valence-electron chi connectivity index (χ0n) is 15.2. The molecular weight excluding hydrogens is 344 g/mol. The molecule has 138 valence electrons. The van der Waals surface area contributed by atoms with E-state index in [0.29, 0.717) is 24.9 Å². The van der Waals surface area contributed by atoms with E-state index in [4.69, 9.17) is 0 Å². The fourth-order valence-electron chi connectivity index (χ4n) is 3.37. The Morgan fingerprint density at radius 3 is 2.73 bits per heavy atom. The molecule has 1 heterocycles. The minimum absolute atomic E-state index is 0.00937. The van der Waals surface area contributed by atoms with Crippen molar-refractivity contribution in [1.29, 1.82) is 0 Å². The number of carbonyl (C=O) groups excluding carboxylic acids is 2. The van der Waals surface area contributed by atoms with Gasteiger partial charge in [-0.3, -0.25) is 9.59 Å². The molecule has 2 aromatic rings. The van der Waals surface area contributed by atoms with Crippen LogP contribution in [0.15, 0.2) is 35.0 Å². The lowest BCUT2D eigenvalue weighted by atomic mass is 9.89. The highest BCUT2D eigenvalue weighted by Crippen LogP contribution is 2.24. The monoisotopic (exact) mass is 370 g/mol.